The lowest BCUT2D eigenvalue weighted by Gasteiger charge is -2.24. The van der Waals surface area contributed by atoms with E-state index < -0.39 is 68.2 Å². The van der Waals surface area contributed by atoms with Gasteiger partial charge >= 0.3 is 5.97 Å². The molecule has 0 amide bonds. The first-order valence-electron chi connectivity index (χ1n) is 10.7. The highest BCUT2D eigenvalue weighted by atomic mass is 19.1. The SMILES string of the molecule is Nc1c(F)c(N2CC3CCCNC3C2)c(F)c2c1c(=O)c(C(=O)O)cn2-c1ccc(F)cc1F. The van der Waals surface area contributed by atoms with Crippen LogP contribution in [-0.2, 0) is 0 Å². The molecule has 2 aliphatic rings. The molecular weight excluding hydrogens is 456 g/mol. The van der Waals surface area contributed by atoms with E-state index >= 15 is 8.78 Å². The minimum Gasteiger partial charge on any atom is -0.477 e. The summed E-state index contributed by atoms with van der Waals surface area (Å²) in [5.41, 5.74) is 1.63. The van der Waals surface area contributed by atoms with E-state index in [0.29, 0.717) is 19.2 Å². The standard InChI is InChI=1S/C23H20F4N4O3/c24-11-3-4-15(13(25)6-11)31-8-12(23(33)34)22(32)16-19(28)17(26)21(18(27)20(16)31)30-7-10-2-1-5-29-14(10)9-30/h3-4,6,8,10,14,29H,1-2,5,7,9,28H2,(H,33,34). The number of carbonyl (C=O) groups is 1. The van der Waals surface area contributed by atoms with E-state index in [4.69, 9.17) is 5.73 Å². The van der Waals surface area contributed by atoms with Crippen LogP contribution in [-0.4, -0.2) is 41.3 Å². The molecule has 3 heterocycles. The van der Waals surface area contributed by atoms with Gasteiger partial charge in [-0.3, -0.25) is 4.79 Å². The Balaban J connectivity index is 1.83. The fourth-order valence-electron chi connectivity index (χ4n) is 5.05. The van der Waals surface area contributed by atoms with Crippen molar-refractivity contribution in [1.82, 2.24) is 9.88 Å². The minimum atomic E-state index is -1.69. The number of fused-ring (bicyclic) bond motifs is 2. The number of hydrogen-bond acceptors (Lipinski definition) is 5. The summed E-state index contributed by atoms with van der Waals surface area (Å²) in [5.74, 6) is -5.95. The highest BCUT2D eigenvalue weighted by molar-refractivity contribution is 6.00. The van der Waals surface area contributed by atoms with Gasteiger partial charge < -0.3 is 25.6 Å². The van der Waals surface area contributed by atoms with E-state index in [9.17, 15) is 23.5 Å². The van der Waals surface area contributed by atoms with Gasteiger partial charge in [0.05, 0.1) is 22.3 Å². The minimum absolute atomic E-state index is 0.0237. The third kappa shape index (κ3) is 3.30. The van der Waals surface area contributed by atoms with Crippen LogP contribution in [0.25, 0.3) is 16.6 Å². The predicted octanol–water partition coefficient (Wildman–Crippen LogP) is 3.02. The van der Waals surface area contributed by atoms with Crippen LogP contribution in [0.1, 0.15) is 23.2 Å². The van der Waals surface area contributed by atoms with E-state index in [2.05, 4.69) is 5.32 Å². The summed E-state index contributed by atoms with van der Waals surface area (Å²) in [6, 6.07) is 2.41. The van der Waals surface area contributed by atoms with Gasteiger partial charge in [0.15, 0.2) is 11.6 Å². The molecule has 0 spiro atoms. The van der Waals surface area contributed by atoms with Gasteiger partial charge in [0.2, 0.25) is 5.43 Å². The number of piperidine rings is 1. The van der Waals surface area contributed by atoms with Gasteiger partial charge in [-0.25, -0.2) is 22.4 Å². The Morgan fingerprint density at radius 2 is 1.91 bits per heavy atom. The zero-order chi connectivity index (χ0) is 24.3. The molecule has 5 rings (SSSR count). The summed E-state index contributed by atoms with van der Waals surface area (Å²) in [7, 11) is 0. The van der Waals surface area contributed by atoms with Crippen LogP contribution in [0.5, 0.6) is 0 Å². The summed E-state index contributed by atoms with van der Waals surface area (Å²) < 4.78 is 60.5. The van der Waals surface area contributed by atoms with Gasteiger partial charge in [-0.1, -0.05) is 0 Å². The van der Waals surface area contributed by atoms with Crippen LogP contribution in [0.4, 0.5) is 28.9 Å². The maximum absolute atomic E-state index is 16.0. The normalized spacial score (nSPS) is 20.1. The lowest BCUT2D eigenvalue weighted by atomic mass is 9.94. The molecule has 34 heavy (non-hydrogen) atoms. The van der Waals surface area contributed by atoms with Crippen LogP contribution >= 0.6 is 0 Å². The van der Waals surface area contributed by atoms with Gasteiger partial charge in [-0.15, -0.1) is 0 Å². The van der Waals surface area contributed by atoms with Crippen LogP contribution in [0, 0.1) is 29.2 Å². The van der Waals surface area contributed by atoms with Crippen molar-refractivity contribution in [3.8, 4) is 5.69 Å². The molecule has 7 nitrogen and oxygen atoms in total. The molecule has 11 heteroatoms. The maximum atomic E-state index is 16.0. The number of benzene rings is 2. The van der Waals surface area contributed by atoms with Crippen molar-refractivity contribution in [2.75, 3.05) is 30.3 Å². The number of carboxylic acids is 1. The number of hydrogen-bond donors (Lipinski definition) is 3. The number of rotatable bonds is 3. The zero-order valence-corrected chi connectivity index (χ0v) is 17.7. The van der Waals surface area contributed by atoms with Crippen molar-refractivity contribution in [3.05, 3.63) is 63.5 Å². The van der Waals surface area contributed by atoms with E-state index in [0.717, 1.165) is 42.3 Å². The molecule has 0 radical (unpaired) electrons. The van der Waals surface area contributed by atoms with Crippen molar-refractivity contribution >= 4 is 28.2 Å². The first-order chi connectivity index (χ1) is 16.2. The van der Waals surface area contributed by atoms with Gasteiger partial charge in [0.1, 0.15) is 22.9 Å². The number of aromatic carboxylic acids is 1. The first kappa shape index (κ1) is 22.2. The topological polar surface area (TPSA) is 101 Å². The number of pyridine rings is 1. The fraction of sp³-hybridized carbons (Fsp3) is 0.304. The van der Waals surface area contributed by atoms with Crippen molar-refractivity contribution in [2.24, 2.45) is 5.92 Å². The Morgan fingerprint density at radius 1 is 1.15 bits per heavy atom. The predicted molar refractivity (Wildman–Crippen MR) is 117 cm³/mol. The summed E-state index contributed by atoms with van der Waals surface area (Å²) in [5, 5.41) is 12.1. The Labute approximate surface area is 190 Å². The molecule has 0 bridgehead atoms. The molecule has 2 unspecified atom stereocenters. The molecule has 4 N–H and O–H groups in total. The molecule has 2 atom stereocenters. The molecular formula is C23H20F4N4O3. The monoisotopic (exact) mass is 476 g/mol. The van der Waals surface area contributed by atoms with E-state index in [1.807, 2.05) is 0 Å². The molecule has 2 aliphatic heterocycles. The molecule has 3 aromatic rings. The van der Waals surface area contributed by atoms with Crippen LogP contribution in [0.15, 0.2) is 29.2 Å². The summed E-state index contributed by atoms with van der Waals surface area (Å²) in [6.07, 6.45) is 2.55. The van der Waals surface area contributed by atoms with Gasteiger partial charge in [0.25, 0.3) is 0 Å². The third-order valence-corrected chi connectivity index (χ3v) is 6.65. The van der Waals surface area contributed by atoms with Crippen LogP contribution in [0.2, 0.25) is 0 Å². The first-order valence-corrected chi connectivity index (χ1v) is 10.7. The molecule has 0 aliphatic carbocycles. The number of halogens is 4. The number of nitrogen functional groups attached to an aromatic ring is 1. The number of aromatic nitrogens is 1. The lowest BCUT2D eigenvalue weighted by Crippen LogP contribution is -2.40. The maximum Gasteiger partial charge on any atom is 0.341 e. The summed E-state index contributed by atoms with van der Waals surface area (Å²) in [4.78, 5) is 26.0. The number of nitrogens with two attached hydrogens (primary N) is 1. The van der Waals surface area contributed by atoms with Gasteiger partial charge in [-0.2, -0.15) is 0 Å². The third-order valence-electron chi connectivity index (χ3n) is 6.65. The van der Waals surface area contributed by atoms with Crippen molar-refractivity contribution < 1.29 is 27.5 Å². The van der Waals surface area contributed by atoms with E-state index in [1.54, 1.807) is 0 Å². The Bertz CT molecular complexity index is 1390. The zero-order valence-electron chi connectivity index (χ0n) is 17.7. The molecule has 2 aromatic carbocycles. The molecule has 0 saturated carbocycles. The highest BCUT2D eigenvalue weighted by Gasteiger charge is 2.38. The second kappa shape index (κ2) is 8.01. The van der Waals surface area contributed by atoms with Crippen molar-refractivity contribution in [1.29, 1.82) is 0 Å². The van der Waals surface area contributed by atoms with Gasteiger partial charge in [-0.05, 0) is 37.4 Å². The molecule has 2 fully saturated rings. The largest absolute Gasteiger partial charge is 0.477 e. The van der Waals surface area contributed by atoms with Crippen molar-refractivity contribution in [2.45, 2.75) is 18.9 Å². The average molecular weight is 476 g/mol. The number of nitrogens with one attached hydrogen (secondary N) is 1. The fourth-order valence-corrected chi connectivity index (χ4v) is 5.05. The lowest BCUT2D eigenvalue weighted by molar-refractivity contribution is 0.0695. The second-order valence-electron chi connectivity index (χ2n) is 8.62. The Kier molecular flexibility index (Phi) is 5.23. The van der Waals surface area contributed by atoms with Gasteiger partial charge in [0, 0.05) is 31.4 Å². The van der Waals surface area contributed by atoms with Crippen LogP contribution < -0.4 is 21.4 Å². The summed E-state index contributed by atoms with van der Waals surface area (Å²) in [6.45, 7) is 1.44. The number of nitrogens with zero attached hydrogens (tertiary/aromatic N) is 2. The smallest absolute Gasteiger partial charge is 0.341 e. The highest BCUT2D eigenvalue weighted by Crippen LogP contribution is 2.39. The molecule has 178 valence electrons. The summed E-state index contributed by atoms with van der Waals surface area (Å²) >= 11 is 0. The van der Waals surface area contributed by atoms with E-state index in [-0.39, 0.29) is 12.0 Å². The van der Waals surface area contributed by atoms with Crippen LogP contribution in [0.3, 0.4) is 0 Å². The number of anilines is 2. The Morgan fingerprint density at radius 3 is 2.59 bits per heavy atom. The Hall–Kier alpha value is -3.60. The van der Waals surface area contributed by atoms with E-state index in [1.165, 1.54) is 4.90 Å². The average Bonchev–Trinajstić information content (AvgIpc) is 3.21. The molecule has 2 saturated heterocycles. The number of carboxylic acid groups (broad SMARTS) is 1. The van der Waals surface area contributed by atoms with Crippen molar-refractivity contribution in [3.63, 3.8) is 0 Å². The second-order valence-corrected chi connectivity index (χ2v) is 8.62. The quantitative estimate of drug-likeness (QED) is 0.397. The molecule has 1 aromatic heterocycles.